The number of anilines is 2. The van der Waals surface area contributed by atoms with Crippen molar-refractivity contribution >= 4 is 33.4 Å². The van der Waals surface area contributed by atoms with E-state index in [4.69, 9.17) is 15.7 Å². The number of nitrogens with two attached hydrogens (primary N) is 1. The third kappa shape index (κ3) is 4.91. The first-order chi connectivity index (χ1) is 20.4. The summed E-state index contributed by atoms with van der Waals surface area (Å²) in [5.41, 5.74) is 12.5. The molecule has 7 rings (SSSR count). The average molecular weight is 564 g/mol. The van der Waals surface area contributed by atoms with Gasteiger partial charge in [0.1, 0.15) is 22.8 Å². The summed E-state index contributed by atoms with van der Waals surface area (Å²) >= 11 is 0. The van der Waals surface area contributed by atoms with E-state index in [1.54, 1.807) is 18.6 Å². The van der Waals surface area contributed by atoms with Crippen LogP contribution < -0.4 is 16.0 Å². The van der Waals surface area contributed by atoms with Crippen LogP contribution in [0.1, 0.15) is 0 Å². The monoisotopic (exact) mass is 563 g/mol. The van der Waals surface area contributed by atoms with Crippen molar-refractivity contribution in [1.29, 1.82) is 0 Å². The predicted molar refractivity (Wildman–Crippen MR) is 163 cm³/mol. The van der Waals surface area contributed by atoms with Gasteiger partial charge in [-0.05, 0) is 50.5 Å². The number of benzene rings is 2. The zero-order valence-corrected chi connectivity index (χ0v) is 23.3. The Kier molecular flexibility index (Phi) is 6.48. The van der Waals surface area contributed by atoms with Crippen LogP contribution in [-0.4, -0.2) is 86.3 Å². The van der Waals surface area contributed by atoms with Gasteiger partial charge in [0.2, 0.25) is 0 Å². The standard InChI is InChI=1S/C30H30FN11/c1-41(2)8-7-34-21-10-18(9-19(31)12-21)27-29-24(5-6-35-27)37-30(38-29)28-22-11-17(3-4-23(22)39-40-28)25-13-33-14-26(36-25)42-15-20(32)16-42/h3-6,9-14,20,34H,7-8,15-16,32H2,1-2H3,(H,37,38)(H,39,40). The number of H-pyrrole nitrogens is 2. The zero-order valence-electron chi connectivity index (χ0n) is 23.3. The Morgan fingerprint density at radius 1 is 1.02 bits per heavy atom. The second-order valence-corrected chi connectivity index (χ2v) is 10.9. The summed E-state index contributed by atoms with van der Waals surface area (Å²) in [5, 5.41) is 11.9. The van der Waals surface area contributed by atoms with Crippen molar-refractivity contribution in [3.63, 3.8) is 0 Å². The maximum Gasteiger partial charge on any atom is 0.159 e. The van der Waals surface area contributed by atoms with Crippen molar-refractivity contribution in [2.45, 2.75) is 6.04 Å². The van der Waals surface area contributed by atoms with E-state index in [1.165, 1.54) is 12.1 Å². The maximum absolute atomic E-state index is 14.7. The van der Waals surface area contributed by atoms with E-state index in [2.05, 4.69) is 40.3 Å². The van der Waals surface area contributed by atoms with Crippen LogP contribution in [0.2, 0.25) is 0 Å². The normalized spacial score (nSPS) is 13.8. The van der Waals surface area contributed by atoms with Crippen molar-refractivity contribution in [3.8, 4) is 34.0 Å². The molecule has 0 saturated carbocycles. The van der Waals surface area contributed by atoms with Gasteiger partial charge in [-0.1, -0.05) is 6.07 Å². The number of pyridine rings is 1. The highest BCUT2D eigenvalue weighted by molar-refractivity contribution is 5.97. The van der Waals surface area contributed by atoms with E-state index in [1.807, 2.05) is 44.4 Å². The summed E-state index contributed by atoms with van der Waals surface area (Å²) in [6, 6.07) is 12.9. The molecular weight excluding hydrogens is 533 g/mol. The minimum absolute atomic E-state index is 0.174. The second kappa shape index (κ2) is 10.5. The number of halogens is 1. The van der Waals surface area contributed by atoms with E-state index in [0.29, 0.717) is 40.5 Å². The fraction of sp³-hybridized carbons (Fsp3) is 0.233. The minimum Gasteiger partial charge on any atom is -0.384 e. The molecule has 0 aliphatic carbocycles. The number of likely N-dealkylation sites (N-methyl/N-ethyl adjacent to an activating group) is 1. The Hall–Kier alpha value is -4.94. The summed E-state index contributed by atoms with van der Waals surface area (Å²) in [5.74, 6) is 1.05. The van der Waals surface area contributed by atoms with Crippen LogP contribution in [0.3, 0.4) is 0 Å². The van der Waals surface area contributed by atoms with Gasteiger partial charge in [0.15, 0.2) is 5.82 Å². The molecule has 0 spiro atoms. The van der Waals surface area contributed by atoms with E-state index < -0.39 is 0 Å². The first kappa shape index (κ1) is 26.0. The lowest BCUT2D eigenvalue weighted by atomic mass is 10.1. The topological polar surface area (TPSA) is 141 Å². The number of aromatic nitrogens is 7. The molecule has 0 unspecified atom stereocenters. The first-order valence-electron chi connectivity index (χ1n) is 13.8. The van der Waals surface area contributed by atoms with Crippen molar-refractivity contribution in [2.24, 2.45) is 5.73 Å². The summed E-state index contributed by atoms with van der Waals surface area (Å²) < 4.78 is 14.7. The first-order valence-corrected chi connectivity index (χ1v) is 13.8. The molecule has 5 heterocycles. The average Bonchev–Trinajstić information content (AvgIpc) is 3.59. The number of hydrogen-bond donors (Lipinski definition) is 4. The van der Waals surface area contributed by atoms with E-state index >= 15 is 0 Å². The Labute approximate surface area is 241 Å². The quantitative estimate of drug-likeness (QED) is 0.217. The summed E-state index contributed by atoms with van der Waals surface area (Å²) in [6.07, 6.45) is 5.21. The molecule has 42 heavy (non-hydrogen) atoms. The van der Waals surface area contributed by atoms with E-state index in [-0.39, 0.29) is 11.9 Å². The molecule has 2 aromatic carbocycles. The molecule has 1 fully saturated rings. The van der Waals surface area contributed by atoms with Gasteiger partial charge in [0.25, 0.3) is 0 Å². The minimum atomic E-state index is -0.343. The van der Waals surface area contributed by atoms with Crippen LogP contribution in [0.5, 0.6) is 0 Å². The number of nitrogens with zero attached hydrogens (tertiary/aromatic N) is 7. The van der Waals surface area contributed by atoms with E-state index in [9.17, 15) is 4.39 Å². The van der Waals surface area contributed by atoms with Crippen molar-refractivity contribution in [2.75, 3.05) is 50.5 Å². The number of nitrogens with one attached hydrogen (secondary N) is 3. The molecular formula is C30H30FN11. The van der Waals surface area contributed by atoms with Gasteiger partial charge in [0.05, 0.1) is 34.8 Å². The van der Waals surface area contributed by atoms with E-state index in [0.717, 1.165) is 53.1 Å². The molecule has 1 saturated heterocycles. The Balaban J connectivity index is 1.24. The Morgan fingerprint density at radius 2 is 1.90 bits per heavy atom. The highest BCUT2D eigenvalue weighted by Crippen LogP contribution is 2.33. The largest absolute Gasteiger partial charge is 0.384 e. The third-order valence-electron chi connectivity index (χ3n) is 7.40. The number of imidazole rings is 1. The van der Waals surface area contributed by atoms with Gasteiger partial charge >= 0.3 is 0 Å². The zero-order chi connectivity index (χ0) is 28.8. The number of fused-ring (bicyclic) bond motifs is 2. The molecule has 5 N–H and O–H groups in total. The summed E-state index contributed by atoms with van der Waals surface area (Å²) in [6.45, 7) is 3.06. The van der Waals surface area contributed by atoms with Crippen molar-refractivity contribution in [3.05, 3.63) is 66.9 Å². The van der Waals surface area contributed by atoms with Gasteiger partial charge in [0, 0.05) is 60.6 Å². The third-order valence-corrected chi connectivity index (χ3v) is 7.40. The lowest BCUT2D eigenvalue weighted by Gasteiger charge is -2.37. The molecule has 6 aromatic rings. The molecule has 1 aliphatic heterocycles. The Bertz CT molecular complexity index is 1900. The van der Waals surface area contributed by atoms with Crippen LogP contribution in [-0.2, 0) is 0 Å². The Morgan fingerprint density at radius 3 is 2.74 bits per heavy atom. The van der Waals surface area contributed by atoms with Gasteiger partial charge in [-0.2, -0.15) is 5.10 Å². The molecule has 1 aliphatic rings. The van der Waals surface area contributed by atoms with Crippen LogP contribution >= 0.6 is 0 Å². The van der Waals surface area contributed by atoms with Crippen LogP contribution in [0, 0.1) is 5.82 Å². The predicted octanol–water partition coefficient (Wildman–Crippen LogP) is 3.89. The van der Waals surface area contributed by atoms with Gasteiger partial charge in [-0.15, -0.1) is 0 Å². The van der Waals surface area contributed by atoms with Crippen LogP contribution in [0.15, 0.2) is 61.1 Å². The molecule has 212 valence electrons. The van der Waals surface area contributed by atoms with Gasteiger partial charge < -0.3 is 25.8 Å². The smallest absolute Gasteiger partial charge is 0.159 e. The molecule has 11 nitrogen and oxygen atoms in total. The summed E-state index contributed by atoms with van der Waals surface area (Å²) in [4.78, 5) is 26.3. The fourth-order valence-corrected chi connectivity index (χ4v) is 5.21. The molecule has 0 radical (unpaired) electrons. The van der Waals surface area contributed by atoms with Crippen molar-refractivity contribution < 1.29 is 4.39 Å². The molecule has 0 amide bonds. The molecule has 4 aromatic heterocycles. The molecule has 0 bridgehead atoms. The molecule has 0 atom stereocenters. The van der Waals surface area contributed by atoms with Crippen molar-refractivity contribution in [1.82, 2.24) is 40.0 Å². The van der Waals surface area contributed by atoms with Gasteiger partial charge in [-0.3, -0.25) is 15.1 Å². The number of aromatic amines is 2. The number of hydrogen-bond acceptors (Lipinski definition) is 9. The maximum atomic E-state index is 14.7. The summed E-state index contributed by atoms with van der Waals surface area (Å²) in [7, 11) is 4.00. The lowest BCUT2D eigenvalue weighted by molar-refractivity contribution is 0.425. The second-order valence-electron chi connectivity index (χ2n) is 10.9. The van der Waals surface area contributed by atoms with Gasteiger partial charge in [-0.25, -0.2) is 14.4 Å². The SMILES string of the molecule is CN(C)CCNc1cc(F)cc(-c2nccc3[nH]c(-c4n[nH]c5ccc(-c6cncc(N7CC(N)C7)n6)cc45)nc23)c1. The number of rotatable bonds is 8. The molecule has 12 heteroatoms. The van der Waals surface area contributed by atoms with Crippen LogP contribution in [0.4, 0.5) is 15.9 Å². The highest BCUT2D eigenvalue weighted by Gasteiger charge is 2.25. The van der Waals surface area contributed by atoms with Crippen LogP contribution in [0.25, 0.3) is 56.0 Å². The fourth-order valence-electron chi connectivity index (χ4n) is 5.21. The highest BCUT2D eigenvalue weighted by atomic mass is 19.1. The lowest BCUT2D eigenvalue weighted by Crippen LogP contribution is -2.56.